The average Bonchev–Trinajstić information content (AvgIpc) is 2.97. The molecule has 1 N–H and O–H groups in total. The van der Waals surface area contributed by atoms with Crippen LogP contribution in [0.15, 0.2) is 42.5 Å². The second kappa shape index (κ2) is 6.72. The Bertz CT molecular complexity index is 800. The first-order valence-electron chi connectivity index (χ1n) is 7.80. The molecular formula is C18H21NO3S. The highest BCUT2D eigenvalue weighted by atomic mass is 32.2. The SMILES string of the molecule is Cc1ccccc1CS(=O)(=O)NCCc1ccc2c(c1)CCO2. The van der Waals surface area contributed by atoms with Crippen LogP contribution >= 0.6 is 0 Å². The average molecular weight is 331 g/mol. The minimum atomic E-state index is -3.31. The summed E-state index contributed by atoms with van der Waals surface area (Å²) in [5.74, 6) is 0.978. The minimum Gasteiger partial charge on any atom is -0.493 e. The van der Waals surface area contributed by atoms with Crippen molar-refractivity contribution in [2.24, 2.45) is 0 Å². The van der Waals surface area contributed by atoms with Gasteiger partial charge in [0.25, 0.3) is 0 Å². The highest BCUT2D eigenvalue weighted by Crippen LogP contribution is 2.25. The fraction of sp³-hybridized carbons (Fsp3) is 0.333. The zero-order chi connectivity index (χ0) is 16.3. The van der Waals surface area contributed by atoms with Gasteiger partial charge in [-0.05, 0) is 41.7 Å². The maximum absolute atomic E-state index is 12.2. The van der Waals surface area contributed by atoms with Crippen LogP contribution in [0, 0.1) is 6.92 Å². The van der Waals surface area contributed by atoms with Crippen LogP contribution in [0.5, 0.6) is 5.75 Å². The van der Waals surface area contributed by atoms with Gasteiger partial charge in [-0.15, -0.1) is 0 Å². The van der Waals surface area contributed by atoms with Crippen LogP contribution < -0.4 is 9.46 Å². The zero-order valence-corrected chi connectivity index (χ0v) is 14.0. The molecule has 0 atom stereocenters. The molecule has 0 saturated carbocycles. The summed E-state index contributed by atoms with van der Waals surface area (Å²) in [6, 6.07) is 13.6. The summed E-state index contributed by atoms with van der Waals surface area (Å²) in [4.78, 5) is 0. The zero-order valence-electron chi connectivity index (χ0n) is 13.2. The lowest BCUT2D eigenvalue weighted by atomic mass is 10.1. The first-order valence-corrected chi connectivity index (χ1v) is 9.45. The van der Waals surface area contributed by atoms with E-state index in [4.69, 9.17) is 4.74 Å². The first kappa shape index (κ1) is 16.0. The molecule has 2 aromatic carbocycles. The van der Waals surface area contributed by atoms with Crippen LogP contribution in [0.3, 0.4) is 0 Å². The molecule has 23 heavy (non-hydrogen) atoms. The number of rotatable bonds is 6. The van der Waals surface area contributed by atoms with E-state index in [1.54, 1.807) is 0 Å². The number of benzene rings is 2. The molecule has 4 nitrogen and oxygen atoms in total. The van der Waals surface area contributed by atoms with Crippen molar-refractivity contribution in [3.05, 3.63) is 64.7 Å². The molecule has 5 heteroatoms. The first-order chi connectivity index (χ1) is 11.0. The predicted molar refractivity (Wildman–Crippen MR) is 91.2 cm³/mol. The Morgan fingerprint density at radius 2 is 2.00 bits per heavy atom. The molecule has 0 fully saturated rings. The molecule has 0 radical (unpaired) electrons. The summed E-state index contributed by atoms with van der Waals surface area (Å²) in [6.07, 6.45) is 1.61. The van der Waals surface area contributed by atoms with Crippen molar-refractivity contribution >= 4 is 10.0 Å². The molecule has 0 amide bonds. The fourth-order valence-electron chi connectivity index (χ4n) is 2.77. The normalized spacial score (nSPS) is 13.6. The van der Waals surface area contributed by atoms with Gasteiger partial charge in [0.1, 0.15) is 5.75 Å². The van der Waals surface area contributed by atoms with E-state index in [0.717, 1.165) is 35.5 Å². The smallest absolute Gasteiger partial charge is 0.215 e. The van der Waals surface area contributed by atoms with E-state index >= 15 is 0 Å². The Labute approximate surface area is 137 Å². The minimum absolute atomic E-state index is 0.0255. The highest BCUT2D eigenvalue weighted by Gasteiger charge is 2.14. The number of hydrogen-bond donors (Lipinski definition) is 1. The van der Waals surface area contributed by atoms with E-state index in [0.29, 0.717) is 13.0 Å². The van der Waals surface area contributed by atoms with Gasteiger partial charge in [0.15, 0.2) is 0 Å². The summed E-state index contributed by atoms with van der Waals surface area (Å²) in [5, 5.41) is 0. The quantitative estimate of drug-likeness (QED) is 0.885. The monoisotopic (exact) mass is 331 g/mol. The van der Waals surface area contributed by atoms with E-state index in [-0.39, 0.29) is 5.75 Å². The third kappa shape index (κ3) is 4.12. The summed E-state index contributed by atoms with van der Waals surface area (Å²) < 4.78 is 32.6. The van der Waals surface area contributed by atoms with Crippen LogP contribution in [0.4, 0.5) is 0 Å². The molecule has 0 aliphatic carbocycles. The van der Waals surface area contributed by atoms with Gasteiger partial charge in [0.2, 0.25) is 10.0 Å². The fourth-order valence-corrected chi connectivity index (χ4v) is 4.02. The van der Waals surface area contributed by atoms with Gasteiger partial charge in [-0.1, -0.05) is 36.4 Å². The molecule has 0 spiro atoms. The third-order valence-electron chi connectivity index (χ3n) is 4.10. The second-order valence-electron chi connectivity index (χ2n) is 5.87. The number of nitrogens with one attached hydrogen (secondary N) is 1. The van der Waals surface area contributed by atoms with E-state index < -0.39 is 10.0 Å². The number of sulfonamides is 1. The Morgan fingerprint density at radius 1 is 1.17 bits per heavy atom. The van der Waals surface area contributed by atoms with Crippen molar-refractivity contribution in [2.45, 2.75) is 25.5 Å². The van der Waals surface area contributed by atoms with Gasteiger partial charge >= 0.3 is 0 Å². The van der Waals surface area contributed by atoms with Crippen molar-refractivity contribution in [3.8, 4) is 5.75 Å². The van der Waals surface area contributed by atoms with Crippen molar-refractivity contribution < 1.29 is 13.2 Å². The van der Waals surface area contributed by atoms with Crippen molar-refractivity contribution in [1.82, 2.24) is 4.72 Å². The third-order valence-corrected chi connectivity index (χ3v) is 5.43. The lowest BCUT2D eigenvalue weighted by molar-refractivity contribution is 0.357. The molecule has 122 valence electrons. The van der Waals surface area contributed by atoms with E-state index in [1.807, 2.05) is 43.3 Å². The second-order valence-corrected chi connectivity index (χ2v) is 7.68. The van der Waals surface area contributed by atoms with Crippen LogP contribution in [-0.2, 0) is 28.6 Å². The number of aryl methyl sites for hydroxylation is 1. The molecule has 1 heterocycles. The largest absolute Gasteiger partial charge is 0.493 e. The Hall–Kier alpha value is -1.85. The number of fused-ring (bicyclic) bond motifs is 1. The molecule has 0 saturated heterocycles. The van der Waals surface area contributed by atoms with Gasteiger partial charge in [-0.2, -0.15) is 0 Å². The number of ether oxygens (including phenoxy) is 1. The molecule has 0 aromatic heterocycles. The van der Waals surface area contributed by atoms with Crippen molar-refractivity contribution in [3.63, 3.8) is 0 Å². The topological polar surface area (TPSA) is 55.4 Å². The van der Waals surface area contributed by atoms with Gasteiger partial charge in [0.05, 0.1) is 12.4 Å². The number of hydrogen-bond acceptors (Lipinski definition) is 3. The van der Waals surface area contributed by atoms with Crippen LogP contribution in [-0.4, -0.2) is 21.6 Å². The summed E-state index contributed by atoms with van der Waals surface area (Å²) >= 11 is 0. The van der Waals surface area contributed by atoms with Gasteiger partial charge < -0.3 is 4.74 Å². The molecule has 1 aliphatic rings. The Kier molecular flexibility index (Phi) is 4.68. The predicted octanol–water partition coefficient (Wildman–Crippen LogP) is 2.59. The van der Waals surface area contributed by atoms with Gasteiger partial charge in [-0.25, -0.2) is 13.1 Å². The summed E-state index contributed by atoms with van der Waals surface area (Å²) in [7, 11) is -3.31. The lowest BCUT2D eigenvalue weighted by Crippen LogP contribution is -2.27. The Balaban J connectivity index is 1.56. The maximum atomic E-state index is 12.2. The van der Waals surface area contributed by atoms with Crippen molar-refractivity contribution in [1.29, 1.82) is 0 Å². The van der Waals surface area contributed by atoms with Crippen LogP contribution in [0.1, 0.15) is 22.3 Å². The lowest BCUT2D eigenvalue weighted by Gasteiger charge is -2.09. The summed E-state index contributed by atoms with van der Waals surface area (Å²) in [5.41, 5.74) is 4.18. The van der Waals surface area contributed by atoms with Crippen LogP contribution in [0.25, 0.3) is 0 Å². The van der Waals surface area contributed by atoms with Crippen LogP contribution in [0.2, 0.25) is 0 Å². The molecule has 0 bridgehead atoms. The molecule has 0 unspecified atom stereocenters. The summed E-state index contributed by atoms with van der Waals surface area (Å²) in [6.45, 7) is 3.08. The molecular weight excluding hydrogens is 310 g/mol. The Morgan fingerprint density at radius 3 is 2.83 bits per heavy atom. The molecule has 1 aliphatic heterocycles. The molecule has 2 aromatic rings. The van der Waals surface area contributed by atoms with Crippen molar-refractivity contribution in [2.75, 3.05) is 13.2 Å². The maximum Gasteiger partial charge on any atom is 0.215 e. The van der Waals surface area contributed by atoms with Gasteiger partial charge in [0, 0.05) is 13.0 Å². The van der Waals surface area contributed by atoms with Gasteiger partial charge in [-0.3, -0.25) is 0 Å². The van der Waals surface area contributed by atoms with E-state index in [2.05, 4.69) is 10.8 Å². The standard InChI is InChI=1S/C18H21NO3S/c1-14-4-2-3-5-17(14)13-23(20,21)19-10-8-15-6-7-18-16(12-15)9-11-22-18/h2-7,12,19H,8-11,13H2,1H3. The molecule has 3 rings (SSSR count). The highest BCUT2D eigenvalue weighted by molar-refractivity contribution is 7.88. The van der Waals surface area contributed by atoms with E-state index in [9.17, 15) is 8.42 Å². The van der Waals surface area contributed by atoms with E-state index in [1.165, 1.54) is 5.56 Å².